The Morgan fingerprint density at radius 3 is 2.42 bits per heavy atom. The van der Waals surface area contributed by atoms with E-state index in [2.05, 4.69) is 21.4 Å². The molecule has 0 atom stereocenters. The SMILES string of the molecule is N#Cc1ccc(-c2ccc(-c3ccc(C(N)=O)c4n[c]nn34)cc2)cn1. The topological polar surface area (TPSA) is 110 Å². The summed E-state index contributed by atoms with van der Waals surface area (Å²) in [4.78, 5) is 19.6. The van der Waals surface area contributed by atoms with Gasteiger partial charge in [0.25, 0.3) is 5.91 Å². The lowest BCUT2D eigenvalue weighted by Crippen LogP contribution is -2.13. The van der Waals surface area contributed by atoms with Gasteiger partial charge in [-0.15, -0.1) is 5.10 Å². The lowest BCUT2D eigenvalue weighted by atomic mass is 10.0. The third-order valence-electron chi connectivity index (χ3n) is 4.04. The van der Waals surface area contributed by atoms with Gasteiger partial charge < -0.3 is 5.73 Å². The molecule has 3 heterocycles. The molecule has 4 aromatic rings. The van der Waals surface area contributed by atoms with Crippen molar-refractivity contribution < 1.29 is 4.79 Å². The summed E-state index contributed by atoms with van der Waals surface area (Å²) in [6.45, 7) is 0. The Morgan fingerprint density at radius 2 is 1.77 bits per heavy atom. The fraction of sp³-hybridized carbons (Fsp3) is 0. The molecule has 0 spiro atoms. The fourth-order valence-corrected chi connectivity index (χ4v) is 2.73. The molecule has 1 aromatic carbocycles. The van der Waals surface area contributed by atoms with Crippen molar-refractivity contribution in [3.63, 3.8) is 0 Å². The van der Waals surface area contributed by atoms with Crippen molar-refractivity contribution in [3.8, 4) is 28.5 Å². The molecule has 7 heteroatoms. The zero-order chi connectivity index (χ0) is 18.1. The standard InChI is InChI=1S/C19H11N6O/c20-9-15-6-5-14(10-22-15)12-1-3-13(4-2-12)17-8-7-16(18(21)26)19-23-11-24-25(17)19/h1-8,10H,(H2,21,26). The summed E-state index contributed by atoms with van der Waals surface area (Å²) >= 11 is 0. The Bertz CT molecular complexity index is 1150. The zero-order valence-corrected chi connectivity index (χ0v) is 13.4. The molecule has 7 nitrogen and oxygen atoms in total. The van der Waals surface area contributed by atoms with Crippen LogP contribution in [0.5, 0.6) is 0 Å². The van der Waals surface area contributed by atoms with Gasteiger partial charge in [0.15, 0.2) is 5.65 Å². The van der Waals surface area contributed by atoms with E-state index in [4.69, 9.17) is 11.0 Å². The predicted octanol–water partition coefficient (Wildman–Crippen LogP) is 2.23. The second-order valence-corrected chi connectivity index (χ2v) is 5.56. The van der Waals surface area contributed by atoms with Gasteiger partial charge in [-0.3, -0.25) is 4.79 Å². The van der Waals surface area contributed by atoms with Gasteiger partial charge >= 0.3 is 0 Å². The summed E-state index contributed by atoms with van der Waals surface area (Å²) in [5, 5.41) is 12.9. The van der Waals surface area contributed by atoms with E-state index in [1.807, 2.05) is 36.4 Å². The second-order valence-electron chi connectivity index (χ2n) is 5.56. The Hall–Kier alpha value is -4.05. The number of fused-ring (bicyclic) bond motifs is 1. The summed E-state index contributed by atoms with van der Waals surface area (Å²) in [7, 11) is 0. The van der Waals surface area contributed by atoms with Crippen LogP contribution >= 0.6 is 0 Å². The minimum Gasteiger partial charge on any atom is -0.365 e. The van der Waals surface area contributed by atoms with Crippen LogP contribution in [0.4, 0.5) is 0 Å². The number of nitriles is 1. The highest BCUT2D eigenvalue weighted by atomic mass is 16.1. The quantitative estimate of drug-likeness (QED) is 0.615. The van der Waals surface area contributed by atoms with E-state index in [0.29, 0.717) is 16.9 Å². The average molecular weight is 339 g/mol. The van der Waals surface area contributed by atoms with Gasteiger partial charge in [0, 0.05) is 17.3 Å². The summed E-state index contributed by atoms with van der Waals surface area (Å²) in [6.07, 6.45) is 4.18. The van der Waals surface area contributed by atoms with Crippen molar-refractivity contribution >= 4 is 11.6 Å². The number of carbonyl (C=O) groups excluding carboxylic acids is 1. The fourth-order valence-electron chi connectivity index (χ4n) is 2.73. The third kappa shape index (κ3) is 2.56. The van der Waals surface area contributed by atoms with Gasteiger partial charge in [0.05, 0.1) is 11.3 Å². The molecule has 0 aliphatic heterocycles. The first-order valence-corrected chi connectivity index (χ1v) is 7.70. The first kappa shape index (κ1) is 15.5. The van der Waals surface area contributed by atoms with Crippen LogP contribution in [-0.2, 0) is 0 Å². The van der Waals surface area contributed by atoms with Crippen molar-refractivity contribution in [2.75, 3.05) is 0 Å². The predicted molar refractivity (Wildman–Crippen MR) is 93.7 cm³/mol. The van der Waals surface area contributed by atoms with Crippen LogP contribution < -0.4 is 5.73 Å². The minimum absolute atomic E-state index is 0.294. The molecule has 0 saturated carbocycles. The average Bonchev–Trinajstić information content (AvgIpc) is 3.17. The number of amides is 1. The van der Waals surface area contributed by atoms with Crippen molar-refractivity contribution in [3.05, 3.63) is 72.3 Å². The lowest BCUT2D eigenvalue weighted by molar-refractivity contribution is 0.100. The van der Waals surface area contributed by atoms with Crippen LogP contribution in [0.2, 0.25) is 0 Å². The molecular weight excluding hydrogens is 328 g/mol. The molecule has 0 unspecified atom stereocenters. The molecule has 0 fully saturated rings. The molecule has 1 amide bonds. The number of nitrogens with two attached hydrogens (primary N) is 1. The number of pyridine rings is 2. The van der Waals surface area contributed by atoms with Gasteiger partial charge in [-0.2, -0.15) is 5.26 Å². The van der Waals surface area contributed by atoms with Gasteiger partial charge in [-0.1, -0.05) is 24.3 Å². The number of benzene rings is 1. The normalized spacial score (nSPS) is 10.6. The highest BCUT2D eigenvalue weighted by Gasteiger charge is 2.13. The zero-order valence-electron chi connectivity index (χ0n) is 13.4. The highest BCUT2D eigenvalue weighted by Crippen LogP contribution is 2.25. The van der Waals surface area contributed by atoms with Crippen LogP contribution in [0, 0.1) is 17.7 Å². The lowest BCUT2D eigenvalue weighted by Gasteiger charge is -2.08. The largest absolute Gasteiger partial charge is 0.365 e. The third-order valence-corrected chi connectivity index (χ3v) is 4.04. The number of hydrogen-bond donors (Lipinski definition) is 1. The minimum atomic E-state index is -0.563. The highest BCUT2D eigenvalue weighted by molar-refractivity contribution is 5.99. The number of carbonyl (C=O) groups is 1. The monoisotopic (exact) mass is 339 g/mol. The summed E-state index contributed by atoms with van der Waals surface area (Å²) in [5.41, 5.74) is 9.97. The van der Waals surface area contributed by atoms with E-state index >= 15 is 0 Å². The van der Waals surface area contributed by atoms with Gasteiger partial charge in [-0.05, 0) is 29.8 Å². The number of nitrogens with zero attached hydrogens (tertiary/aromatic N) is 5. The van der Waals surface area contributed by atoms with Gasteiger partial charge in [0.2, 0.25) is 6.33 Å². The maximum absolute atomic E-state index is 11.5. The Labute approximate surface area is 148 Å². The maximum atomic E-state index is 11.5. The van der Waals surface area contributed by atoms with Crippen molar-refractivity contribution in [2.45, 2.75) is 0 Å². The Balaban J connectivity index is 1.74. The molecule has 1 radical (unpaired) electrons. The van der Waals surface area contributed by atoms with E-state index in [-0.39, 0.29) is 0 Å². The van der Waals surface area contributed by atoms with Crippen molar-refractivity contribution in [1.82, 2.24) is 19.6 Å². The first-order valence-electron chi connectivity index (χ1n) is 7.70. The molecule has 0 aliphatic carbocycles. The first-order chi connectivity index (χ1) is 12.7. The molecule has 26 heavy (non-hydrogen) atoms. The number of aromatic nitrogens is 4. The summed E-state index contributed by atoms with van der Waals surface area (Å²) < 4.78 is 1.54. The molecule has 0 aliphatic rings. The van der Waals surface area contributed by atoms with Crippen LogP contribution in [0.1, 0.15) is 16.1 Å². The number of hydrogen-bond acceptors (Lipinski definition) is 5. The molecular formula is C19H11N6O. The molecule has 2 N–H and O–H groups in total. The molecule has 4 rings (SSSR count). The summed E-state index contributed by atoms with van der Waals surface area (Å²) in [6, 6.07) is 16.7. The van der Waals surface area contributed by atoms with Crippen molar-refractivity contribution in [1.29, 1.82) is 5.26 Å². The van der Waals surface area contributed by atoms with Crippen molar-refractivity contribution in [2.24, 2.45) is 5.73 Å². The van der Waals surface area contributed by atoms with Gasteiger partial charge in [-0.25, -0.2) is 14.5 Å². The second kappa shape index (κ2) is 6.11. The van der Waals surface area contributed by atoms with Crippen LogP contribution in [0.3, 0.4) is 0 Å². The van der Waals surface area contributed by atoms with E-state index in [0.717, 1.165) is 22.4 Å². The van der Waals surface area contributed by atoms with Crippen LogP contribution in [0.25, 0.3) is 28.0 Å². The Kier molecular flexibility index (Phi) is 3.64. The van der Waals surface area contributed by atoms with Crippen LogP contribution in [-0.4, -0.2) is 25.5 Å². The van der Waals surface area contributed by atoms with Crippen LogP contribution in [0.15, 0.2) is 54.7 Å². The molecule has 123 valence electrons. The van der Waals surface area contributed by atoms with E-state index < -0.39 is 5.91 Å². The molecule has 3 aromatic heterocycles. The number of primary amides is 1. The summed E-state index contributed by atoms with van der Waals surface area (Å²) in [5.74, 6) is -0.563. The maximum Gasteiger partial charge on any atom is 0.252 e. The molecule has 0 saturated heterocycles. The Morgan fingerprint density at radius 1 is 1.04 bits per heavy atom. The molecule has 0 bridgehead atoms. The smallest absolute Gasteiger partial charge is 0.252 e. The van der Waals surface area contributed by atoms with Gasteiger partial charge in [0.1, 0.15) is 11.8 Å². The van der Waals surface area contributed by atoms with E-state index in [1.54, 1.807) is 28.9 Å². The van der Waals surface area contributed by atoms with E-state index in [1.165, 1.54) is 0 Å². The number of rotatable bonds is 3. The van der Waals surface area contributed by atoms with E-state index in [9.17, 15) is 4.79 Å².